The number of aromatic nitrogens is 2. The van der Waals surface area contributed by atoms with Crippen LogP contribution in [0.4, 0.5) is 28.9 Å². The first-order valence-corrected chi connectivity index (χ1v) is 15.6. The molecule has 1 saturated heterocycles. The highest BCUT2D eigenvalue weighted by Gasteiger charge is 2.53. The first-order chi connectivity index (χ1) is 22.1. The van der Waals surface area contributed by atoms with Crippen molar-refractivity contribution in [3.05, 3.63) is 119 Å². The van der Waals surface area contributed by atoms with Crippen LogP contribution in [0.3, 0.4) is 0 Å². The quantitative estimate of drug-likeness (QED) is 0.205. The number of halogens is 4. The molecule has 2 aliphatic heterocycles. The fourth-order valence-corrected chi connectivity index (χ4v) is 7.04. The Morgan fingerprint density at radius 2 is 1.54 bits per heavy atom. The SMILES string of the molecule is C=C1C(c2noc(C3(c4ccccc4)CC3)n2)=CN(C2(c3ccc(C(F)(F)F)cc3)CC2)c2cc(N3CCN(C)CC3)c(F)cc21. The van der Waals surface area contributed by atoms with E-state index in [1.807, 2.05) is 37.5 Å². The van der Waals surface area contributed by atoms with E-state index in [0.29, 0.717) is 60.0 Å². The second-order valence-corrected chi connectivity index (χ2v) is 13.0. The summed E-state index contributed by atoms with van der Waals surface area (Å²) in [4.78, 5) is 11.2. The Hall–Kier alpha value is -4.44. The lowest BCUT2D eigenvalue weighted by atomic mass is 9.90. The second kappa shape index (κ2) is 10.3. The molecule has 0 atom stereocenters. The summed E-state index contributed by atoms with van der Waals surface area (Å²) in [5.74, 6) is 0.532. The number of alkyl halides is 3. The monoisotopic (exact) mass is 627 g/mol. The van der Waals surface area contributed by atoms with Gasteiger partial charge < -0.3 is 19.2 Å². The molecule has 1 aromatic heterocycles. The van der Waals surface area contributed by atoms with Gasteiger partial charge in [0.05, 0.1) is 27.9 Å². The molecular weight excluding hydrogens is 594 g/mol. The van der Waals surface area contributed by atoms with Gasteiger partial charge in [0, 0.05) is 43.5 Å². The molecule has 0 amide bonds. The fraction of sp³-hybridized carbons (Fsp3) is 0.333. The Kier molecular flexibility index (Phi) is 6.48. The molecular formula is C36H33F4N5O. The van der Waals surface area contributed by atoms with Crippen LogP contribution in [0.5, 0.6) is 0 Å². The normalized spacial score (nSPS) is 20.4. The predicted octanol–water partition coefficient (Wildman–Crippen LogP) is 7.62. The highest BCUT2D eigenvalue weighted by atomic mass is 19.4. The number of piperazine rings is 1. The van der Waals surface area contributed by atoms with Crippen LogP contribution >= 0.6 is 0 Å². The summed E-state index contributed by atoms with van der Waals surface area (Å²) in [6.45, 7) is 7.38. The van der Waals surface area contributed by atoms with Gasteiger partial charge in [0.2, 0.25) is 11.7 Å². The number of nitrogens with zero attached hydrogens (tertiary/aromatic N) is 5. The van der Waals surface area contributed by atoms with Gasteiger partial charge >= 0.3 is 6.18 Å². The Balaban J connectivity index is 1.23. The van der Waals surface area contributed by atoms with Crippen molar-refractivity contribution in [1.82, 2.24) is 15.0 Å². The van der Waals surface area contributed by atoms with Crippen LogP contribution in [0.1, 0.15) is 59.7 Å². The molecule has 8 rings (SSSR count). The van der Waals surface area contributed by atoms with Gasteiger partial charge in [-0.3, -0.25) is 0 Å². The first-order valence-electron chi connectivity index (χ1n) is 15.6. The fourth-order valence-electron chi connectivity index (χ4n) is 7.04. The molecule has 3 heterocycles. The van der Waals surface area contributed by atoms with E-state index in [9.17, 15) is 13.2 Å². The number of fused-ring (bicyclic) bond motifs is 1. The molecule has 0 spiro atoms. The Bertz CT molecular complexity index is 1850. The van der Waals surface area contributed by atoms with Crippen molar-refractivity contribution in [3.8, 4) is 0 Å². The van der Waals surface area contributed by atoms with E-state index >= 15 is 4.39 Å². The number of hydrogen-bond donors (Lipinski definition) is 0. The maximum absolute atomic E-state index is 15.9. The topological polar surface area (TPSA) is 48.6 Å². The van der Waals surface area contributed by atoms with Crippen molar-refractivity contribution in [2.24, 2.45) is 0 Å². The Morgan fingerprint density at radius 3 is 2.17 bits per heavy atom. The molecule has 4 aromatic rings. The van der Waals surface area contributed by atoms with E-state index < -0.39 is 17.3 Å². The Morgan fingerprint density at radius 1 is 0.848 bits per heavy atom. The highest BCUT2D eigenvalue weighted by molar-refractivity contribution is 6.09. The standard InChI is InChI=1S/C36H33F4N5O/c1-23-27-20-29(37)31(44-18-16-43(2)17-19-44)21-30(27)45(35(14-15-35)25-8-10-26(11-9-25)36(38,39)40)22-28(23)32-41-33(46-42-32)34(12-13-34)24-6-4-3-5-7-24/h3-11,20-22H,1,12-19H2,2H3. The zero-order valence-corrected chi connectivity index (χ0v) is 25.4. The number of anilines is 2. The molecule has 2 aliphatic carbocycles. The molecule has 6 nitrogen and oxygen atoms in total. The maximum atomic E-state index is 15.9. The van der Waals surface area contributed by atoms with Gasteiger partial charge in [-0.25, -0.2) is 4.39 Å². The van der Waals surface area contributed by atoms with Gasteiger partial charge in [-0.2, -0.15) is 18.2 Å². The summed E-state index contributed by atoms with van der Waals surface area (Å²) in [6, 6.07) is 18.9. The zero-order chi connectivity index (χ0) is 31.8. The molecule has 2 saturated carbocycles. The van der Waals surface area contributed by atoms with Gasteiger partial charge in [0.15, 0.2) is 0 Å². The lowest BCUT2D eigenvalue weighted by Crippen LogP contribution is -2.45. The van der Waals surface area contributed by atoms with Crippen molar-refractivity contribution >= 4 is 22.5 Å². The highest BCUT2D eigenvalue weighted by Crippen LogP contribution is 2.58. The van der Waals surface area contributed by atoms with Crippen LogP contribution in [-0.2, 0) is 17.1 Å². The largest absolute Gasteiger partial charge is 0.416 e. The van der Waals surface area contributed by atoms with E-state index in [2.05, 4.69) is 38.6 Å². The third kappa shape index (κ3) is 4.64. The van der Waals surface area contributed by atoms with Crippen LogP contribution in [0.15, 0.2) is 84.0 Å². The number of allylic oxidation sites excluding steroid dienone is 2. The van der Waals surface area contributed by atoms with Crippen molar-refractivity contribution in [2.45, 2.75) is 42.8 Å². The first kappa shape index (κ1) is 29.0. The van der Waals surface area contributed by atoms with Crippen LogP contribution in [-0.4, -0.2) is 48.3 Å². The van der Waals surface area contributed by atoms with Gasteiger partial charge in [0.25, 0.3) is 0 Å². The van der Waals surface area contributed by atoms with Gasteiger partial charge in [-0.05, 0) is 73.7 Å². The molecule has 3 aromatic carbocycles. The molecule has 0 bridgehead atoms. The predicted molar refractivity (Wildman–Crippen MR) is 169 cm³/mol. The lowest BCUT2D eigenvalue weighted by Gasteiger charge is -2.39. The van der Waals surface area contributed by atoms with Crippen molar-refractivity contribution in [3.63, 3.8) is 0 Å². The third-order valence-electron chi connectivity index (χ3n) is 10.2. The van der Waals surface area contributed by atoms with Gasteiger partial charge in [0.1, 0.15) is 5.82 Å². The minimum atomic E-state index is -4.43. The number of benzene rings is 3. The molecule has 3 fully saturated rings. The molecule has 0 N–H and O–H groups in total. The molecule has 236 valence electrons. The average molecular weight is 628 g/mol. The van der Waals surface area contributed by atoms with Gasteiger partial charge in [-0.1, -0.05) is 54.2 Å². The third-order valence-corrected chi connectivity index (χ3v) is 10.2. The smallest absolute Gasteiger partial charge is 0.367 e. The molecule has 46 heavy (non-hydrogen) atoms. The minimum absolute atomic E-state index is 0.331. The molecule has 10 heteroatoms. The molecule has 4 aliphatic rings. The number of rotatable bonds is 6. The second-order valence-electron chi connectivity index (χ2n) is 13.0. The van der Waals surface area contributed by atoms with E-state index in [1.165, 1.54) is 6.07 Å². The van der Waals surface area contributed by atoms with Gasteiger partial charge in [-0.15, -0.1) is 0 Å². The summed E-state index contributed by atoms with van der Waals surface area (Å²) in [5, 5.41) is 4.39. The zero-order valence-electron chi connectivity index (χ0n) is 25.4. The minimum Gasteiger partial charge on any atom is -0.367 e. The summed E-state index contributed by atoms with van der Waals surface area (Å²) in [5.41, 5.74) is 3.26. The molecule has 0 radical (unpaired) electrons. The van der Waals surface area contributed by atoms with E-state index in [1.54, 1.807) is 12.1 Å². The van der Waals surface area contributed by atoms with Crippen molar-refractivity contribution < 1.29 is 22.1 Å². The van der Waals surface area contributed by atoms with Crippen LogP contribution in [0, 0.1) is 5.82 Å². The summed E-state index contributed by atoms with van der Waals surface area (Å²) >= 11 is 0. The maximum Gasteiger partial charge on any atom is 0.416 e. The van der Waals surface area contributed by atoms with E-state index in [4.69, 9.17) is 9.51 Å². The number of likely N-dealkylation sites (N-methyl/N-ethyl adjacent to an activating group) is 1. The average Bonchev–Trinajstić information content (AvgIpc) is 3.99. The lowest BCUT2D eigenvalue weighted by molar-refractivity contribution is -0.137. The van der Waals surface area contributed by atoms with Crippen LogP contribution in [0.25, 0.3) is 11.1 Å². The Labute approximate surface area is 264 Å². The molecule has 0 unspecified atom stereocenters. The van der Waals surface area contributed by atoms with E-state index in [0.717, 1.165) is 54.9 Å². The summed E-state index contributed by atoms with van der Waals surface area (Å²) in [7, 11) is 2.05. The van der Waals surface area contributed by atoms with Crippen LogP contribution in [0.2, 0.25) is 0 Å². The van der Waals surface area contributed by atoms with Crippen LogP contribution < -0.4 is 9.80 Å². The van der Waals surface area contributed by atoms with E-state index in [-0.39, 0.29) is 11.2 Å². The van der Waals surface area contributed by atoms with Crippen molar-refractivity contribution in [1.29, 1.82) is 0 Å². The summed E-state index contributed by atoms with van der Waals surface area (Å²) in [6.07, 6.45) is 0.711. The summed E-state index contributed by atoms with van der Waals surface area (Å²) < 4.78 is 62.2. The van der Waals surface area contributed by atoms with Crippen molar-refractivity contribution in [2.75, 3.05) is 43.0 Å². The number of hydrogen-bond acceptors (Lipinski definition) is 6.